The summed E-state index contributed by atoms with van der Waals surface area (Å²) in [6, 6.07) is 5.30. The lowest BCUT2D eigenvalue weighted by Crippen LogP contribution is -1.98. The molecule has 0 fully saturated rings. The summed E-state index contributed by atoms with van der Waals surface area (Å²) in [4.78, 5) is 11.6. The van der Waals surface area contributed by atoms with Gasteiger partial charge < -0.3 is 5.11 Å². The Balaban J connectivity index is 0.000000921. The van der Waals surface area contributed by atoms with E-state index in [-0.39, 0.29) is 0 Å². The molecule has 0 aromatic heterocycles. The first-order valence-corrected chi connectivity index (χ1v) is 6.58. The Morgan fingerprint density at radius 1 is 1.47 bits per heavy atom. The number of hydrogen-bond acceptors (Lipinski definition) is 2. The molecule has 0 unspecified atom stereocenters. The van der Waals surface area contributed by atoms with Crippen LogP contribution in [-0.4, -0.2) is 16.8 Å². The lowest BCUT2D eigenvalue weighted by molar-refractivity contribution is 0.0693. The summed E-state index contributed by atoms with van der Waals surface area (Å²) in [7, 11) is 0. The van der Waals surface area contributed by atoms with Crippen LogP contribution in [0.4, 0.5) is 0 Å². The highest BCUT2D eigenvalue weighted by Crippen LogP contribution is 2.25. The van der Waals surface area contributed by atoms with Gasteiger partial charge in [0, 0.05) is 9.37 Å². The maximum absolute atomic E-state index is 10.8. The second kappa shape index (κ2) is 7.77. The van der Waals surface area contributed by atoms with Crippen LogP contribution >= 0.6 is 27.7 Å². The molecule has 0 heterocycles. The van der Waals surface area contributed by atoms with Gasteiger partial charge in [-0.3, -0.25) is 0 Å². The Morgan fingerprint density at radius 2 is 2.07 bits per heavy atom. The molecule has 15 heavy (non-hydrogen) atoms. The molecule has 0 amide bonds. The highest BCUT2D eigenvalue weighted by atomic mass is 79.9. The number of thioether (sulfide) groups is 1. The lowest BCUT2D eigenvalue weighted by atomic mass is 10.2. The third-order valence-electron chi connectivity index (χ3n) is 1.47. The number of carboxylic acid groups (broad SMARTS) is 1. The number of carboxylic acids is 1. The zero-order valence-corrected chi connectivity index (χ0v) is 11.5. The van der Waals surface area contributed by atoms with E-state index < -0.39 is 5.97 Å². The van der Waals surface area contributed by atoms with Crippen LogP contribution in [0.3, 0.4) is 0 Å². The van der Waals surface area contributed by atoms with Crippen LogP contribution in [0.1, 0.15) is 31.1 Å². The maximum Gasteiger partial charge on any atom is 0.336 e. The molecule has 0 saturated heterocycles. The normalized spacial score (nSPS) is 9.07. The molecule has 0 bridgehead atoms. The van der Waals surface area contributed by atoms with Crippen LogP contribution in [0.5, 0.6) is 0 Å². The molecule has 1 N–H and O–H groups in total. The number of hydrogen-bond donors (Lipinski definition) is 1. The van der Waals surface area contributed by atoms with Crippen molar-refractivity contribution < 1.29 is 9.90 Å². The fraction of sp³-hybridized carbons (Fsp3) is 0.364. The Hall–Kier alpha value is -0.480. The Labute approximate surface area is 103 Å². The lowest BCUT2D eigenvalue weighted by Gasteiger charge is -2.03. The van der Waals surface area contributed by atoms with E-state index in [4.69, 9.17) is 5.11 Å². The van der Waals surface area contributed by atoms with Gasteiger partial charge in [0.15, 0.2) is 0 Å². The van der Waals surface area contributed by atoms with Crippen molar-refractivity contribution in [2.24, 2.45) is 0 Å². The van der Waals surface area contributed by atoms with Crippen molar-refractivity contribution in [2.75, 3.05) is 5.75 Å². The highest BCUT2D eigenvalue weighted by Gasteiger charge is 2.09. The molecule has 0 aliphatic carbocycles. The summed E-state index contributed by atoms with van der Waals surface area (Å²) in [5.41, 5.74) is 0.362. The van der Waals surface area contributed by atoms with Gasteiger partial charge in [0.05, 0.1) is 5.56 Å². The van der Waals surface area contributed by atoms with Gasteiger partial charge in [-0.25, -0.2) is 4.79 Å². The average Bonchev–Trinajstić information content (AvgIpc) is 2.24. The van der Waals surface area contributed by atoms with Gasteiger partial charge in [-0.05, 0) is 24.0 Å². The van der Waals surface area contributed by atoms with Crippen molar-refractivity contribution in [3.63, 3.8) is 0 Å². The van der Waals surface area contributed by atoms with Crippen LogP contribution in [0.2, 0.25) is 0 Å². The number of carbonyl (C=O) groups is 1. The van der Waals surface area contributed by atoms with Crippen molar-refractivity contribution in [3.8, 4) is 0 Å². The number of benzene rings is 1. The first-order chi connectivity index (χ1) is 7.15. The van der Waals surface area contributed by atoms with E-state index in [1.54, 1.807) is 6.07 Å². The molecule has 0 saturated carbocycles. The van der Waals surface area contributed by atoms with E-state index in [2.05, 4.69) is 15.9 Å². The SMILES string of the molecule is CC.CCSc1ccc(Br)cc1C(=O)O. The predicted octanol–water partition coefficient (Wildman–Crippen LogP) is 4.29. The van der Waals surface area contributed by atoms with Crippen LogP contribution in [0.15, 0.2) is 27.6 Å². The molecule has 0 aliphatic rings. The molecule has 4 heteroatoms. The zero-order valence-electron chi connectivity index (χ0n) is 9.08. The van der Waals surface area contributed by atoms with Gasteiger partial charge in [-0.15, -0.1) is 11.8 Å². The Kier molecular flexibility index (Phi) is 7.52. The summed E-state index contributed by atoms with van der Waals surface area (Å²) >= 11 is 4.78. The van der Waals surface area contributed by atoms with Crippen LogP contribution in [0.25, 0.3) is 0 Å². The van der Waals surface area contributed by atoms with Gasteiger partial charge in [0.25, 0.3) is 0 Å². The van der Waals surface area contributed by atoms with E-state index in [0.29, 0.717) is 5.56 Å². The van der Waals surface area contributed by atoms with Crippen LogP contribution in [0, 0.1) is 0 Å². The molecule has 0 spiro atoms. The van der Waals surface area contributed by atoms with E-state index in [9.17, 15) is 4.79 Å². The van der Waals surface area contributed by atoms with Crippen molar-refractivity contribution in [2.45, 2.75) is 25.7 Å². The molecule has 0 radical (unpaired) electrons. The fourth-order valence-electron chi connectivity index (χ4n) is 0.951. The summed E-state index contributed by atoms with van der Waals surface area (Å²) in [5, 5.41) is 8.88. The van der Waals surface area contributed by atoms with Crippen LogP contribution < -0.4 is 0 Å². The minimum atomic E-state index is -0.878. The number of aromatic carboxylic acids is 1. The largest absolute Gasteiger partial charge is 0.478 e. The first-order valence-electron chi connectivity index (χ1n) is 4.80. The summed E-state index contributed by atoms with van der Waals surface area (Å²) in [5.74, 6) is -0.000649. The number of rotatable bonds is 3. The van der Waals surface area contributed by atoms with E-state index in [1.165, 1.54) is 11.8 Å². The van der Waals surface area contributed by atoms with Crippen molar-refractivity contribution in [1.29, 1.82) is 0 Å². The van der Waals surface area contributed by atoms with Gasteiger partial charge in [-0.1, -0.05) is 36.7 Å². The first kappa shape index (κ1) is 14.5. The van der Waals surface area contributed by atoms with Crippen molar-refractivity contribution in [3.05, 3.63) is 28.2 Å². The molecular formula is C11H15BrO2S. The van der Waals surface area contributed by atoms with Crippen molar-refractivity contribution in [1.82, 2.24) is 0 Å². The molecule has 1 rings (SSSR count). The van der Waals surface area contributed by atoms with Gasteiger partial charge in [0.2, 0.25) is 0 Å². The quantitative estimate of drug-likeness (QED) is 0.844. The highest BCUT2D eigenvalue weighted by molar-refractivity contribution is 9.10. The minimum Gasteiger partial charge on any atom is -0.478 e. The molecule has 84 valence electrons. The molecule has 1 aromatic rings. The van der Waals surface area contributed by atoms with E-state index in [1.807, 2.05) is 32.9 Å². The maximum atomic E-state index is 10.8. The second-order valence-electron chi connectivity index (χ2n) is 2.38. The molecule has 2 nitrogen and oxygen atoms in total. The Morgan fingerprint density at radius 3 is 2.53 bits per heavy atom. The van der Waals surface area contributed by atoms with Crippen LogP contribution in [-0.2, 0) is 0 Å². The third kappa shape index (κ3) is 4.71. The van der Waals surface area contributed by atoms with Gasteiger partial charge >= 0.3 is 5.97 Å². The molecule has 0 aliphatic heterocycles. The smallest absolute Gasteiger partial charge is 0.336 e. The zero-order chi connectivity index (χ0) is 11.8. The summed E-state index contributed by atoms with van der Waals surface area (Å²) in [6.45, 7) is 6.00. The minimum absolute atomic E-state index is 0.362. The molecular weight excluding hydrogens is 276 g/mol. The van der Waals surface area contributed by atoms with Crippen molar-refractivity contribution >= 4 is 33.7 Å². The molecule has 1 aromatic carbocycles. The third-order valence-corrected chi connectivity index (χ3v) is 2.92. The topological polar surface area (TPSA) is 37.3 Å². The molecule has 0 atom stereocenters. The second-order valence-corrected chi connectivity index (χ2v) is 4.60. The monoisotopic (exact) mass is 290 g/mol. The van der Waals surface area contributed by atoms with Gasteiger partial charge in [-0.2, -0.15) is 0 Å². The number of halogens is 1. The summed E-state index contributed by atoms with van der Waals surface area (Å²) < 4.78 is 0.797. The van der Waals surface area contributed by atoms with E-state index in [0.717, 1.165) is 15.1 Å². The average molecular weight is 291 g/mol. The Bertz CT molecular complexity index is 326. The van der Waals surface area contributed by atoms with Gasteiger partial charge in [0.1, 0.15) is 0 Å². The standard InChI is InChI=1S/C9H9BrO2S.C2H6/c1-2-13-8-4-3-6(10)5-7(8)9(11)12;1-2/h3-5H,2H2,1H3,(H,11,12);1-2H3. The van der Waals surface area contributed by atoms with E-state index >= 15 is 0 Å². The predicted molar refractivity (Wildman–Crippen MR) is 68.8 cm³/mol. The summed E-state index contributed by atoms with van der Waals surface area (Å²) in [6.07, 6.45) is 0. The fourth-order valence-corrected chi connectivity index (χ4v) is 2.09.